The Morgan fingerprint density at radius 3 is 1.94 bits per heavy atom. The summed E-state index contributed by atoms with van der Waals surface area (Å²) >= 11 is 4.43. The van der Waals surface area contributed by atoms with Crippen molar-refractivity contribution in [3.8, 4) is 0 Å². The first-order valence-corrected chi connectivity index (χ1v) is 10.7. The summed E-state index contributed by atoms with van der Waals surface area (Å²) in [6.45, 7) is 7.03. The highest BCUT2D eigenvalue weighted by atomic mass is 32.1. The number of hydrogen-bond acceptors (Lipinski definition) is 1. The highest BCUT2D eigenvalue weighted by Gasteiger charge is 2.32. The Bertz CT molecular complexity index is 332. The van der Waals surface area contributed by atoms with Gasteiger partial charge in [-0.2, -0.15) is 12.6 Å². The normalized spacial score (nSPS) is 11.8. The molecule has 0 nitrogen and oxygen atoms in total. The lowest BCUT2D eigenvalue weighted by molar-refractivity contribution is 0.937. The van der Waals surface area contributed by atoms with Crippen molar-refractivity contribution in [1.29, 1.82) is 0 Å². The van der Waals surface area contributed by atoms with Gasteiger partial charge in [-0.15, -0.1) is 0 Å². The van der Waals surface area contributed by atoms with Crippen molar-refractivity contribution in [2.75, 3.05) is 0 Å². The molecule has 0 amide bonds. The van der Waals surface area contributed by atoms with E-state index < -0.39 is 8.07 Å². The van der Waals surface area contributed by atoms with E-state index >= 15 is 0 Å². The van der Waals surface area contributed by atoms with E-state index in [-0.39, 0.29) is 0 Å². The summed E-state index contributed by atoms with van der Waals surface area (Å²) in [5.74, 6) is 0.864. The molecule has 2 heteroatoms. The first-order chi connectivity index (χ1) is 8.72. The zero-order chi connectivity index (χ0) is 13.4. The van der Waals surface area contributed by atoms with Gasteiger partial charge >= 0.3 is 0 Å². The first kappa shape index (κ1) is 15.8. The van der Waals surface area contributed by atoms with E-state index in [2.05, 4.69) is 57.7 Å². The lowest BCUT2D eigenvalue weighted by Gasteiger charge is -2.32. The monoisotopic (exact) mass is 280 g/mol. The highest BCUT2D eigenvalue weighted by molar-refractivity contribution is 7.79. The summed E-state index contributed by atoms with van der Waals surface area (Å²) in [5, 5.41) is 1.68. The van der Waals surface area contributed by atoms with E-state index in [9.17, 15) is 0 Å². The maximum absolute atomic E-state index is 4.43. The van der Waals surface area contributed by atoms with Crippen LogP contribution in [0.2, 0.25) is 18.1 Å². The molecular weight excluding hydrogens is 252 g/mol. The molecule has 1 aromatic rings. The third-order valence-corrected chi connectivity index (χ3v) is 10.2. The molecule has 102 valence electrons. The standard InChI is InChI=1S/C16H28SSi/c1-4-10-18(11-5-2,12-6-3)16-9-7-8-15(13-16)14-17/h7-9,13,17H,4-6,10-12,14H2,1-3H3. The zero-order valence-corrected chi connectivity index (χ0v) is 14.1. The smallest absolute Gasteiger partial charge is 0.0867 e. The molecule has 0 N–H and O–H groups in total. The molecule has 0 aliphatic rings. The maximum Gasteiger partial charge on any atom is 0.0867 e. The van der Waals surface area contributed by atoms with Crippen LogP contribution in [0.3, 0.4) is 0 Å². The molecule has 1 aromatic carbocycles. The van der Waals surface area contributed by atoms with E-state index in [1.807, 2.05) is 0 Å². The SMILES string of the molecule is CCC[Si](CCC)(CCC)c1cccc(CS)c1. The first-order valence-electron chi connectivity index (χ1n) is 7.42. The summed E-state index contributed by atoms with van der Waals surface area (Å²) in [7, 11) is -1.25. The highest BCUT2D eigenvalue weighted by Crippen LogP contribution is 2.26. The third-order valence-electron chi connectivity index (χ3n) is 3.91. The summed E-state index contributed by atoms with van der Waals surface area (Å²) in [6.07, 6.45) is 3.99. The molecule has 0 aliphatic carbocycles. The van der Waals surface area contributed by atoms with Crippen LogP contribution in [0.5, 0.6) is 0 Å². The molecule has 0 spiro atoms. The predicted molar refractivity (Wildman–Crippen MR) is 89.8 cm³/mol. The number of hydrogen-bond donors (Lipinski definition) is 1. The second-order valence-electron chi connectivity index (χ2n) is 5.39. The van der Waals surface area contributed by atoms with Gasteiger partial charge in [-0.05, 0) is 5.56 Å². The van der Waals surface area contributed by atoms with Crippen molar-refractivity contribution in [1.82, 2.24) is 0 Å². The summed E-state index contributed by atoms with van der Waals surface area (Å²) in [4.78, 5) is 0. The topological polar surface area (TPSA) is 0 Å². The Hall–Kier alpha value is -0.213. The number of benzene rings is 1. The van der Waals surface area contributed by atoms with Gasteiger partial charge < -0.3 is 0 Å². The van der Waals surface area contributed by atoms with Crippen molar-refractivity contribution in [3.05, 3.63) is 29.8 Å². The van der Waals surface area contributed by atoms with E-state index in [0.29, 0.717) is 0 Å². The Morgan fingerprint density at radius 1 is 0.944 bits per heavy atom. The van der Waals surface area contributed by atoms with Gasteiger partial charge in [-0.3, -0.25) is 0 Å². The van der Waals surface area contributed by atoms with E-state index in [1.165, 1.54) is 43.0 Å². The molecule has 0 aromatic heterocycles. The molecule has 18 heavy (non-hydrogen) atoms. The van der Waals surface area contributed by atoms with Gasteiger partial charge in [0.1, 0.15) is 0 Å². The van der Waals surface area contributed by atoms with Crippen molar-refractivity contribution in [2.24, 2.45) is 0 Å². The van der Waals surface area contributed by atoms with Crippen LogP contribution in [-0.4, -0.2) is 8.07 Å². The summed E-state index contributed by atoms with van der Waals surface area (Å²) in [6, 6.07) is 13.6. The fourth-order valence-electron chi connectivity index (χ4n) is 3.24. The van der Waals surface area contributed by atoms with Crippen LogP contribution in [0.1, 0.15) is 45.6 Å². The minimum atomic E-state index is -1.25. The van der Waals surface area contributed by atoms with Crippen molar-refractivity contribution >= 4 is 25.9 Å². The van der Waals surface area contributed by atoms with Crippen molar-refractivity contribution in [3.63, 3.8) is 0 Å². The molecule has 0 bridgehead atoms. The van der Waals surface area contributed by atoms with Crippen LogP contribution in [0.15, 0.2) is 24.3 Å². The fourth-order valence-corrected chi connectivity index (χ4v) is 8.87. The lowest BCUT2D eigenvalue weighted by atomic mass is 10.2. The molecule has 0 atom stereocenters. The minimum absolute atomic E-state index is 0.864. The molecule has 0 saturated heterocycles. The van der Waals surface area contributed by atoms with Gasteiger partial charge in [-0.25, -0.2) is 0 Å². The number of rotatable bonds is 8. The molecule has 0 unspecified atom stereocenters. The Balaban J connectivity index is 3.12. The number of thiol groups is 1. The van der Waals surface area contributed by atoms with Crippen LogP contribution in [0.4, 0.5) is 0 Å². The van der Waals surface area contributed by atoms with E-state index in [0.717, 1.165) is 5.75 Å². The maximum atomic E-state index is 4.43. The van der Waals surface area contributed by atoms with Crippen LogP contribution in [-0.2, 0) is 5.75 Å². The van der Waals surface area contributed by atoms with Gasteiger partial charge in [0.2, 0.25) is 0 Å². The molecule has 0 saturated carbocycles. The van der Waals surface area contributed by atoms with Crippen LogP contribution in [0, 0.1) is 0 Å². The second kappa shape index (κ2) is 8.06. The van der Waals surface area contributed by atoms with Crippen LogP contribution >= 0.6 is 12.6 Å². The average molecular weight is 281 g/mol. The van der Waals surface area contributed by atoms with Gasteiger partial charge in [0.25, 0.3) is 0 Å². The van der Waals surface area contributed by atoms with Gasteiger partial charge in [0.15, 0.2) is 0 Å². The average Bonchev–Trinajstić information content (AvgIpc) is 2.39. The minimum Gasteiger partial charge on any atom is -0.175 e. The summed E-state index contributed by atoms with van der Waals surface area (Å²) < 4.78 is 0. The molecule has 0 aliphatic heterocycles. The van der Waals surface area contributed by atoms with Crippen LogP contribution < -0.4 is 5.19 Å². The molecule has 0 radical (unpaired) electrons. The van der Waals surface area contributed by atoms with Gasteiger partial charge in [0.05, 0.1) is 8.07 Å². The van der Waals surface area contributed by atoms with E-state index in [1.54, 1.807) is 5.19 Å². The zero-order valence-electron chi connectivity index (χ0n) is 12.2. The second-order valence-corrected chi connectivity index (χ2v) is 10.3. The van der Waals surface area contributed by atoms with Gasteiger partial charge in [-0.1, -0.05) is 87.6 Å². The molecule has 0 heterocycles. The lowest BCUT2D eigenvalue weighted by Crippen LogP contribution is -2.47. The Labute approximate surface area is 120 Å². The predicted octanol–water partition coefficient (Wildman–Crippen LogP) is 5.00. The van der Waals surface area contributed by atoms with Crippen molar-refractivity contribution in [2.45, 2.75) is 63.9 Å². The Morgan fingerprint density at radius 2 is 1.50 bits per heavy atom. The molecule has 1 rings (SSSR count). The van der Waals surface area contributed by atoms with E-state index in [4.69, 9.17) is 0 Å². The largest absolute Gasteiger partial charge is 0.175 e. The van der Waals surface area contributed by atoms with Crippen molar-refractivity contribution < 1.29 is 0 Å². The molecule has 0 fully saturated rings. The molecular formula is C16H28SSi. The summed E-state index contributed by atoms with van der Waals surface area (Å²) in [5.41, 5.74) is 1.39. The fraction of sp³-hybridized carbons (Fsp3) is 0.625. The van der Waals surface area contributed by atoms with Gasteiger partial charge in [0, 0.05) is 5.75 Å². The van der Waals surface area contributed by atoms with Crippen LogP contribution in [0.25, 0.3) is 0 Å². The quantitative estimate of drug-likeness (QED) is 0.502. The third kappa shape index (κ3) is 3.89. The Kier molecular flexibility index (Phi) is 7.09.